The maximum absolute atomic E-state index is 5.96. The fourth-order valence-corrected chi connectivity index (χ4v) is 1.85. The Morgan fingerprint density at radius 1 is 1.33 bits per heavy atom. The lowest BCUT2D eigenvalue weighted by atomic mass is 9.98. The van der Waals surface area contributed by atoms with Crippen molar-refractivity contribution in [2.75, 3.05) is 11.1 Å². The molecular formula is C13H22N2. The molecule has 0 radical (unpaired) electrons. The molecule has 84 valence electrons. The Kier molecular flexibility index (Phi) is 3.61. The summed E-state index contributed by atoms with van der Waals surface area (Å²) in [5.74, 6) is 0. The number of hydrogen-bond acceptors (Lipinski definition) is 2. The zero-order chi connectivity index (χ0) is 11.5. The van der Waals surface area contributed by atoms with Gasteiger partial charge in [0.1, 0.15) is 0 Å². The third-order valence-corrected chi connectivity index (χ3v) is 2.56. The van der Waals surface area contributed by atoms with Crippen LogP contribution in [0, 0.1) is 6.92 Å². The average molecular weight is 206 g/mol. The van der Waals surface area contributed by atoms with Crippen molar-refractivity contribution in [2.24, 2.45) is 0 Å². The van der Waals surface area contributed by atoms with Crippen molar-refractivity contribution in [3.8, 4) is 0 Å². The predicted octanol–water partition coefficient (Wildman–Crippen LogP) is 3.57. The monoisotopic (exact) mass is 206 g/mol. The summed E-state index contributed by atoms with van der Waals surface area (Å²) < 4.78 is 0. The molecule has 0 heterocycles. The second-order valence-corrected chi connectivity index (χ2v) is 4.85. The third-order valence-electron chi connectivity index (χ3n) is 2.56. The number of nitrogens with two attached hydrogens (primary N) is 1. The van der Waals surface area contributed by atoms with E-state index in [1.807, 2.05) is 6.07 Å². The third kappa shape index (κ3) is 3.46. The second kappa shape index (κ2) is 4.56. The number of nitrogens with one attached hydrogen (secondary N) is 1. The molecule has 0 aromatic heterocycles. The van der Waals surface area contributed by atoms with Crippen LogP contribution in [-0.2, 0) is 0 Å². The fourth-order valence-electron chi connectivity index (χ4n) is 1.85. The largest absolute Gasteiger partial charge is 0.397 e. The van der Waals surface area contributed by atoms with Crippen LogP contribution in [0.1, 0.15) is 39.2 Å². The molecule has 2 heteroatoms. The van der Waals surface area contributed by atoms with E-state index in [0.29, 0.717) is 0 Å². The van der Waals surface area contributed by atoms with Crippen LogP contribution < -0.4 is 11.1 Å². The van der Waals surface area contributed by atoms with Gasteiger partial charge < -0.3 is 11.1 Å². The summed E-state index contributed by atoms with van der Waals surface area (Å²) in [5.41, 5.74) is 9.15. The molecule has 0 saturated carbocycles. The van der Waals surface area contributed by atoms with Crippen LogP contribution in [0.4, 0.5) is 11.4 Å². The second-order valence-electron chi connectivity index (χ2n) is 4.85. The van der Waals surface area contributed by atoms with Gasteiger partial charge in [-0.15, -0.1) is 0 Å². The molecule has 3 N–H and O–H groups in total. The van der Waals surface area contributed by atoms with Gasteiger partial charge in [0.15, 0.2) is 0 Å². The van der Waals surface area contributed by atoms with E-state index >= 15 is 0 Å². The van der Waals surface area contributed by atoms with Crippen LogP contribution in [0.15, 0.2) is 18.2 Å². The van der Waals surface area contributed by atoms with Crippen LogP contribution in [0.25, 0.3) is 0 Å². The summed E-state index contributed by atoms with van der Waals surface area (Å²) in [5, 5.41) is 3.49. The van der Waals surface area contributed by atoms with E-state index in [1.54, 1.807) is 0 Å². The van der Waals surface area contributed by atoms with Gasteiger partial charge in [0.2, 0.25) is 0 Å². The van der Waals surface area contributed by atoms with Crippen molar-refractivity contribution in [1.29, 1.82) is 0 Å². The van der Waals surface area contributed by atoms with E-state index in [1.165, 1.54) is 12.0 Å². The molecule has 0 aliphatic carbocycles. The highest BCUT2D eigenvalue weighted by molar-refractivity contribution is 5.67. The minimum absolute atomic E-state index is 0.109. The molecule has 15 heavy (non-hydrogen) atoms. The first-order valence-electron chi connectivity index (χ1n) is 5.59. The quantitative estimate of drug-likeness (QED) is 0.739. The van der Waals surface area contributed by atoms with E-state index in [4.69, 9.17) is 5.73 Å². The molecule has 0 saturated heterocycles. The molecule has 0 fully saturated rings. The first kappa shape index (κ1) is 11.9. The van der Waals surface area contributed by atoms with Gasteiger partial charge >= 0.3 is 0 Å². The molecule has 0 aliphatic rings. The first-order chi connectivity index (χ1) is 6.94. The Morgan fingerprint density at radius 3 is 2.53 bits per heavy atom. The van der Waals surface area contributed by atoms with Gasteiger partial charge in [-0.3, -0.25) is 0 Å². The topological polar surface area (TPSA) is 38.0 Å². The Hall–Kier alpha value is -1.18. The van der Waals surface area contributed by atoms with Crippen LogP contribution in [0.3, 0.4) is 0 Å². The highest BCUT2D eigenvalue weighted by Gasteiger charge is 2.16. The van der Waals surface area contributed by atoms with Gasteiger partial charge in [0.25, 0.3) is 0 Å². The average Bonchev–Trinajstić information content (AvgIpc) is 2.09. The van der Waals surface area contributed by atoms with Crippen LogP contribution in [0.2, 0.25) is 0 Å². The van der Waals surface area contributed by atoms with E-state index in [0.717, 1.165) is 17.8 Å². The summed E-state index contributed by atoms with van der Waals surface area (Å²) >= 11 is 0. The van der Waals surface area contributed by atoms with Crippen molar-refractivity contribution < 1.29 is 0 Å². The molecule has 1 aromatic rings. The zero-order valence-electron chi connectivity index (χ0n) is 10.2. The lowest BCUT2D eigenvalue weighted by Gasteiger charge is -2.28. The minimum Gasteiger partial charge on any atom is -0.397 e. The lowest BCUT2D eigenvalue weighted by molar-refractivity contribution is 0.511. The van der Waals surface area contributed by atoms with Gasteiger partial charge in [-0.1, -0.05) is 19.4 Å². The molecular weight excluding hydrogens is 184 g/mol. The highest BCUT2D eigenvalue weighted by Crippen LogP contribution is 2.25. The van der Waals surface area contributed by atoms with Crippen molar-refractivity contribution in [3.05, 3.63) is 23.8 Å². The number of rotatable bonds is 4. The molecule has 0 unspecified atom stereocenters. The fraction of sp³-hybridized carbons (Fsp3) is 0.538. The molecule has 1 aromatic carbocycles. The standard InChI is InChI=1S/C13H22N2/c1-5-8-13(3,4)15-12-7-6-10(2)9-11(12)14/h6-7,9,15H,5,8,14H2,1-4H3. The van der Waals surface area contributed by atoms with Crippen molar-refractivity contribution in [3.63, 3.8) is 0 Å². The van der Waals surface area contributed by atoms with Gasteiger partial charge in [0.05, 0.1) is 11.4 Å². The summed E-state index contributed by atoms with van der Waals surface area (Å²) in [6.07, 6.45) is 2.31. The molecule has 2 nitrogen and oxygen atoms in total. The summed E-state index contributed by atoms with van der Waals surface area (Å²) in [6, 6.07) is 6.15. The summed E-state index contributed by atoms with van der Waals surface area (Å²) in [6.45, 7) is 8.66. The lowest BCUT2D eigenvalue weighted by Crippen LogP contribution is -2.30. The van der Waals surface area contributed by atoms with Gasteiger partial charge in [0, 0.05) is 5.54 Å². The molecule has 0 spiro atoms. The van der Waals surface area contributed by atoms with Crippen molar-refractivity contribution >= 4 is 11.4 Å². The first-order valence-corrected chi connectivity index (χ1v) is 5.59. The van der Waals surface area contributed by atoms with E-state index in [2.05, 4.69) is 45.1 Å². The Bertz CT molecular complexity index is 329. The van der Waals surface area contributed by atoms with E-state index < -0.39 is 0 Å². The maximum atomic E-state index is 5.96. The summed E-state index contributed by atoms with van der Waals surface area (Å²) in [4.78, 5) is 0. The zero-order valence-corrected chi connectivity index (χ0v) is 10.2. The van der Waals surface area contributed by atoms with Crippen LogP contribution in [-0.4, -0.2) is 5.54 Å². The summed E-state index contributed by atoms with van der Waals surface area (Å²) in [7, 11) is 0. The normalized spacial score (nSPS) is 11.5. The SMILES string of the molecule is CCCC(C)(C)Nc1ccc(C)cc1N. The van der Waals surface area contributed by atoms with Gasteiger partial charge in [-0.2, -0.15) is 0 Å². The van der Waals surface area contributed by atoms with Crippen molar-refractivity contribution in [1.82, 2.24) is 0 Å². The molecule has 0 amide bonds. The number of benzene rings is 1. The number of aryl methyl sites for hydroxylation is 1. The van der Waals surface area contributed by atoms with Crippen molar-refractivity contribution in [2.45, 2.75) is 46.1 Å². The predicted molar refractivity (Wildman–Crippen MR) is 68.2 cm³/mol. The number of nitrogen functional groups attached to an aromatic ring is 1. The molecule has 0 aliphatic heterocycles. The van der Waals surface area contributed by atoms with Gasteiger partial charge in [-0.05, 0) is 44.9 Å². The Balaban J connectivity index is 2.80. The maximum Gasteiger partial charge on any atom is 0.0578 e. The number of hydrogen-bond donors (Lipinski definition) is 2. The van der Waals surface area contributed by atoms with Crippen LogP contribution >= 0.6 is 0 Å². The van der Waals surface area contributed by atoms with Crippen LogP contribution in [0.5, 0.6) is 0 Å². The number of anilines is 2. The molecule has 1 rings (SSSR count). The Morgan fingerprint density at radius 2 is 2.00 bits per heavy atom. The minimum atomic E-state index is 0.109. The van der Waals surface area contributed by atoms with Gasteiger partial charge in [-0.25, -0.2) is 0 Å². The van der Waals surface area contributed by atoms with E-state index in [-0.39, 0.29) is 5.54 Å². The molecule has 0 bridgehead atoms. The van der Waals surface area contributed by atoms with E-state index in [9.17, 15) is 0 Å². The Labute approximate surface area is 92.9 Å². The molecule has 0 atom stereocenters. The highest BCUT2D eigenvalue weighted by atomic mass is 15.0. The smallest absolute Gasteiger partial charge is 0.0578 e.